The molecule has 1 unspecified atom stereocenters. The molecule has 1 atom stereocenters. The lowest BCUT2D eigenvalue weighted by Gasteiger charge is -2.29. The fourth-order valence-corrected chi connectivity index (χ4v) is 3.75. The third kappa shape index (κ3) is 2.59. The average Bonchev–Trinajstić information content (AvgIpc) is 2.32. The Labute approximate surface area is 110 Å². The Morgan fingerprint density at radius 1 is 1.56 bits per heavy atom. The van der Waals surface area contributed by atoms with E-state index in [-0.39, 0.29) is 22.3 Å². The van der Waals surface area contributed by atoms with Crippen LogP contribution in [0.1, 0.15) is 12.8 Å². The second kappa shape index (κ2) is 5.00. The molecule has 8 heteroatoms. The van der Waals surface area contributed by atoms with Gasteiger partial charge in [-0.1, -0.05) is 11.6 Å². The summed E-state index contributed by atoms with van der Waals surface area (Å²) in [5.74, 6) is -0.0838. The summed E-state index contributed by atoms with van der Waals surface area (Å²) in [5, 5.41) is 9.74. The second-order valence-electron chi connectivity index (χ2n) is 4.20. The van der Waals surface area contributed by atoms with E-state index in [1.165, 1.54) is 16.6 Å². The molecule has 0 bridgehead atoms. The van der Waals surface area contributed by atoms with Gasteiger partial charge in [-0.2, -0.15) is 4.31 Å². The second-order valence-corrected chi connectivity index (χ2v) is 6.54. The van der Waals surface area contributed by atoms with Gasteiger partial charge >= 0.3 is 0 Å². The van der Waals surface area contributed by atoms with Crippen LogP contribution in [0.25, 0.3) is 0 Å². The summed E-state index contributed by atoms with van der Waals surface area (Å²) in [4.78, 5) is 3.63. The van der Waals surface area contributed by atoms with Crippen LogP contribution in [0.5, 0.6) is 0 Å². The molecular formula is C10H14ClN3O3S. The maximum absolute atomic E-state index is 12.3. The highest BCUT2D eigenvalue weighted by Crippen LogP contribution is 2.26. The maximum atomic E-state index is 12.3. The summed E-state index contributed by atoms with van der Waals surface area (Å²) >= 11 is 5.74. The van der Waals surface area contributed by atoms with Crippen molar-refractivity contribution in [3.63, 3.8) is 0 Å². The molecule has 1 aromatic rings. The third-order valence-corrected chi connectivity index (χ3v) is 4.93. The molecule has 0 saturated carbocycles. The smallest absolute Gasteiger partial charge is 0.246 e. The number of nitrogen functional groups attached to an aromatic ring is 1. The van der Waals surface area contributed by atoms with Crippen LogP contribution in [0.3, 0.4) is 0 Å². The molecule has 3 N–H and O–H groups in total. The zero-order valence-corrected chi connectivity index (χ0v) is 11.2. The van der Waals surface area contributed by atoms with Gasteiger partial charge in [0.15, 0.2) is 0 Å². The molecule has 0 amide bonds. The van der Waals surface area contributed by atoms with E-state index in [0.717, 1.165) is 0 Å². The molecule has 1 aliphatic heterocycles. The number of anilines is 1. The Morgan fingerprint density at radius 3 is 2.94 bits per heavy atom. The number of aliphatic hydroxyl groups is 1. The number of halogens is 1. The molecule has 0 spiro atoms. The van der Waals surface area contributed by atoms with Gasteiger partial charge in [-0.3, -0.25) is 0 Å². The Balaban J connectivity index is 2.38. The average molecular weight is 292 g/mol. The molecular weight excluding hydrogens is 278 g/mol. The number of nitrogens with two attached hydrogens (primary N) is 1. The van der Waals surface area contributed by atoms with Gasteiger partial charge in [0.05, 0.1) is 11.1 Å². The molecule has 100 valence electrons. The number of hydrogen-bond donors (Lipinski definition) is 2. The lowest BCUT2D eigenvalue weighted by atomic mass is 10.1. The number of nitrogens with zero attached hydrogens (tertiary/aromatic N) is 2. The van der Waals surface area contributed by atoms with Gasteiger partial charge in [0.1, 0.15) is 10.7 Å². The Kier molecular flexibility index (Phi) is 3.76. The van der Waals surface area contributed by atoms with Crippen LogP contribution in [0.15, 0.2) is 17.2 Å². The van der Waals surface area contributed by atoms with Gasteiger partial charge in [-0.05, 0) is 18.9 Å². The lowest BCUT2D eigenvalue weighted by Crippen LogP contribution is -2.42. The van der Waals surface area contributed by atoms with Crippen molar-refractivity contribution in [3.8, 4) is 0 Å². The van der Waals surface area contributed by atoms with E-state index in [4.69, 9.17) is 17.3 Å². The fourth-order valence-electron chi connectivity index (χ4n) is 1.92. The van der Waals surface area contributed by atoms with E-state index in [0.29, 0.717) is 19.4 Å². The van der Waals surface area contributed by atoms with E-state index in [1.54, 1.807) is 0 Å². The standard InChI is InChI=1S/C10H14ClN3O3S/c11-7-4-9(10(12)13-5-7)18(16,17)14-3-1-2-8(15)6-14/h4-5,8,15H,1-3,6H2,(H2,12,13). The first-order valence-electron chi connectivity index (χ1n) is 5.50. The van der Waals surface area contributed by atoms with Gasteiger partial charge in [-0.15, -0.1) is 0 Å². The third-order valence-electron chi connectivity index (χ3n) is 2.83. The van der Waals surface area contributed by atoms with E-state index in [2.05, 4.69) is 4.98 Å². The number of piperidine rings is 1. The molecule has 2 rings (SSSR count). The predicted octanol–water partition coefficient (Wildman–Crippen LogP) is 0.463. The molecule has 0 aromatic carbocycles. The van der Waals surface area contributed by atoms with Crippen molar-refractivity contribution in [1.29, 1.82) is 0 Å². The Bertz CT molecular complexity index is 549. The first kappa shape index (κ1) is 13.5. The predicted molar refractivity (Wildman–Crippen MR) is 67.7 cm³/mol. The number of pyridine rings is 1. The topological polar surface area (TPSA) is 96.5 Å². The number of hydrogen-bond acceptors (Lipinski definition) is 5. The van der Waals surface area contributed by atoms with Crippen molar-refractivity contribution < 1.29 is 13.5 Å². The number of sulfonamides is 1. The van der Waals surface area contributed by atoms with Gasteiger partial charge < -0.3 is 10.8 Å². The minimum atomic E-state index is -3.75. The molecule has 6 nitrogen and oxygen atoms in total. The van der Waals surface area contributed by atoms with E-state index in [9.17, 15) is 13.5 Å². The van der Waals surface area contributed by atoms with E-state index in [1.807, 2.05) is 0 Å². The van der Waals surface area contributed by atoms with E-state index >= 15 is 0 Å². The van der Waals surface area contributed by atoms with Crippen LogP contribution in [0, 0.1) is 0 Å². The van der Waals surface area contributed by atoms with Crippen LogP contribution < -0.4 is 5.73 Å². The quantitative estimate of drug-likeness (QED) is 0.825. The molecule has 1 saturated heterocycles. The summed E-state index contributed by atoms with van der Waals surface area (Å²) in [5.41, 5.74) is 5.58. The summed E-state index contributed by atoms with van der Waals surface area (Å²) in [6, 6.07) is 1.28. The van der Waals surface area contributed by atoms with Gasteiger partial charge in [0.2, 0.25) is 10.0 Å². The molecule has 0 aliphatic carbocycles. The van der Waals surface area contributed by atoms with Crippen LogP contribution in [0.4, 0.5) is 5.82 Å². The normalized spacial score (nSPS) is 22.0. The molecule has 2 heterocycles. The molecule has 1 aliphatic rings. The fraction of sp³-hybridized carbons (Fsp3) is 0.500. The molecule has 0 radical (unpaired) electrons. The van der Waals surface area contributed by atoms with E-state index < -0.39 is 16.1 Å². The highest BCUT2D eigenvalue weighted by Gasteiger charge is 2.31. The summed E-state index contributed by atoms with van der Waals surface area (Å²) in [7, 11) is -3.75. The van der Waals surface area contributed by atoms with Crippen molar-refractivity contribution in [3.05, 3.63) is 17.3 Å². The summed E-state index contributed by atoms with van der Waals surface area (Å²) in [6.07, 6.45) is 1.88. The van der Waals surface area contributed by atoms with Crippen molar-refractivity contribution in [2.75, 3.05) is 18.8 Å². The van der Waals surface area contributed by atoms with Gasteiger partial charge in [-0.25, -0.2) is 13.4 Å². The molecule has 18 heavy (non-hydrogen) atoms. The van der Waals surface area contributed by atoms with Gasteiger partial charge in [0, 0.05) is 19.3 Å². The minimum absolute atomic E-state index is 0.0777. The van der Waals surface area contributed by atoms with Crippen molar-refractivity contribution in [1.82, 2.24) is 9.29 Å². The van der Waals surface area contributed by atoms with Crippen LogP contribution in [-0.2, 0) is 10.0 Å². The number of aliphatic hydroxyl groups excluding tert-OH is 1. The highest BCUT2D eigenvalue weighted by molar-refractivity contribution is 7.89. The molecule has 1 aromatic heterocycles. The Morgan fingerprint density at radius 2 is 2.28 bits per heavy atom. The van der Waals surface area contributed by atoms with Crippen LogP contribution >= 0.6 is 11.6 Å². The number of rotatable bonds is 2. The van der Waals surface area contributed by atoms with Crippen molar-refractivity contribution >= 4 is 27.4 Å². The van der Waals surface area contributed by atoms with Crippen molar-refractivity contribution in [2.45, 2.75) is 23.8 Å². The highest BCUT2D eigenvalue weighted by atomic mass is 35.5. The summed E-state index contributed by atoms with van der Waals surface area (Å²) in [6.45, 7) is 0.444. The van der Waals surface area contributed by atoms with Crippen LogP contribution in [-0.4, -0.2) is 42.0 Å². The zero-order valence-electron chi connectivity index (χ0n) is 9.58. The monoisotopic (exact) mass is 291 g/mol. The summed E-state index contributed by atoms with van der Waals surface area (Å²) < 4.78 is 25.9. The maximum Gasteiger partial charge on any atom is 0.246 e. The van der Waals surface area contributed by atoms with Crippen LogP contribution in [0.2, 0.25) is 5.02 Å². The first-order valence-corrected chi connectivity index (χ1v) is 7.32. The van der Waals surface area contributed by atoms with Gasteiger partial charge in [0.25, 0.3) is 0 Å². The number of β-amino-alcohol motifs (C(OH)–C–C–N with tert-alkyl or cyclic N) is 1. The number of aromatic nitrogens is 1. The lowest BCUT2D eigenvalue weighted by molar-refractivity contribution is 0.108. The zero-order chi connectivity index (χ0) is 13.3. The largest absolute Gasteiger partial charge is 0.392 e. The minimum Gasteiger partial charge on any atom is -0.392 e. The Hall–Kier alpha value is -0.890. The SMILES string of the molecule is Nc1ncc(Cl)cc1S(=O)(=O)N1CCCC(O)C1. The first-order chi connectivity index (χ1) is 8.41. The van der Waals surface area contributed by atoms with Crippen molar-refractivity contribution in [2.24, 2.45) is 0 Å². The molecule has 1 fully saturated rings.